The summed E-state index contributed by atoms with van der Waals surface area (Å²) in [4.78, 5) is 58.9. The van der Waals surface area contributed by atoms with Crippen LogP contribution in [0.1, 0.15) is 140 Å². The van der Waals surface area contributed by atoms with Gasteiger partial charge in [0.25, 0.3) is 11.9 Å². The fourth-order valence-electron chi connectivity index (χ4n) is 16.6. The molecule has 0 unspecified atom stereocenters. The molecule has 0 amide bonds. The zero-order valence-corrected chi connectivity index (χ0v) is 39.6. The summed E-state index contributed by atoms with van der Waals surface area (Å²) in [6.45, 7) is 11.6. The van der Waals surface area contributed by atoms with Crippen molar-refractivity contribution in [2.24, 2.45) is 56.2 Å². The number of carbonyl (C=O) groups is 4. The Hall–Kier alpha value is -3.68. The van der Waals surface area contributed by atoms with Crippen molar-refractivity contribution in [1.29, 1.82) is 0 Å². The zero-order valence-electron chi connectivity index (χ0n) is 38.0. The molecule has 0 spiro atoms. The second-order valence-electron chi connectivity index (χ2n) is 22.1. The van der Waals surface area contributed by atoms with E-state index in [2.05, 4.69) is 26.0 Å². The van der Waals surface area contributed by atoms with Crippen molar-refractivity contribution < 1.29 is 68.8 Å². The molecule has 0 aromatic heterocycles. The third-order valence-electron chi connectivity index (χ3n) is 19.4. The van der Waals surface area contributed by atoms with E-state index in [0.717, 1.165) is 64.2 Å². The number of benzene rings is 2. The summed E-state index contributed by atoms with van der Waals surface area (Å²) in [5.41, 5.74) is -1.54. The van der Waals surface area contributed by atoms with Gasteiger partial charge in [-0.1, -0.05) is 64.5 Å². The largest absolute Gasteiger partial charge is 2.00 e. The average molecular weight is 955 g/mol. The molecule has 10 nitrogen and oxygen atoms in total. The van der Waals surface area contributed by atoms with Crippen molar-refractivity contribution in [2.45, 2.75) is 143 Å². The number of hydrogen-bond acceptors (Lipinski definition) is 10. The number of phenols is 2. The van der Waals surface area contributed by atoms with E-state index in [-0.39, 0.29) is 55.3 Å². The van der Waals surface area contributed by atoms with Gasteiger partial charge in [-0.25, -0.2) is 0 Å². The summed E-state index contributed by atoms with van der Waals surface area (Å²) in [5.74, 6) is 0.477. The number of hydrogen-bond donors (Lipinski definition) is 2. The first kappa shape index (κ1) is 44.5. The fourth-order valence-corrected chi connectivity index (χ4v) is 16.6. The number of ether oxygens (including phenoxy) is 4. The Morgan fingerprint density at radius 1 is 0.571 bits per heavy atom. The predicted octanol–water partition coefficient (Wildman–Crippen LogP) is 8.88. The molecule has 10 rings (SSSR count). The molecule has 8 aliphatic rings. The molecule has 2 aromatic carbocycles. The van der Waals surface area contributed by atoms with Crippen LogP contribution in [0, 0.1) is 68.0 Å². The maximum absolute atomic E-state index is 14.9. The molecule has 6 saturated carbocycles. The van der Waals surface area contributed by atoms with E-state index in [4.69, 9.17) is 18.9 Å². The molecule has 342 valence electrons. The van der Waals surface area contributed by atoms with E-state index in [9.17, 15) is 29.4 Å². The quantitative estimate of drug-likeness (QED) is 0.120. The van der Waals surface area contributed by atoms with Crippen LogP contribution >= 0.6 is 0 Å². The molecule has 2 aromatic rings. The Kier molecular flexibility index (Phi) is 10.4. The van der Waals surface area contributed by atoms with Crippen LogP contribution in [-0.2, 0) is 71.4 Å². The van der Waals surface area contributed by atoms with Crippen molar-refractivity contribution >= 4 is 23.9 Å². The maximum atomic E-state index is 14.9. The number of esters is 4. The van der Waals surface area contributed by atoms with E-state index in [1.54, 1.807) is 39.8 Å². The summed E-state index contributed by atoms with van der Waals surface area (Å²) in [7, 11) is 2.51. The normalized spacial score (nSPS) is 39.4. The Morgan fingerprint density at radius 2 is 0.952 bits per heavy atom. The van der Waals surface area contributed by atoms with Crippen molar-refractivity contribution in [3.05, 3.63) is 70.5 Å². The van der Waals surface area contributed by atoms with Crippen molar-refractivity contribution in [2.75, 3.05) is 14.2 Å². The summed E-state index contributed by atoms with van der Waals surface area (Å²) < 4.78 is 24.3. The molecule has 0 aliphatic heterocycles. The standard InChI is InChI=1S/C52H64O10.Pd/c1-47(2)41(43(55)61-39-19-17-37-35-13-9-27-25-29(53)11-15-31(27)33(35)21-23-49(37,39)5)51(47,45(57)59-7)52(46(58)60-8)42(48(52,3)4)44(56)62-40-20-18-38-36-14-10-28-26-30(54)12-16-32(28)34(36)22-24-50(38,40)6;/h11-12,15-16,25-26,33-40,53-54H,9-10,13-14,17-24H2,1-8H3;/q-2;+2/t33-,34-,35-,36-,37+,38+,39+,40+,49+,50+,51-,52-;/m1./s1. The molecule has 11 heteroatoms. The number of carbonyl (C=O) groups excluding carboxylic acids is 4. The smallest absolute Gasteiger partial charge is 0.508 e. The Labute approximate surface area is 386 Å². The molecule has 0 saturated heterocycles. The molecule has 2 N–H and O–H groups in total. The molecule has 0 bridgehead atoms. The number of aromatic hydroxyl groups is 2. The van der Waals surface area contributed by atoms with Gasteiger partial charge >= 0.3 is 20.4 Å². The predicted molar refractivity (Wildman–Crippen MR) is 228 cm³/mol. The first-order chi connectivity index (χ1) is 29.4. The third-order valence-corrected chi connectivity index (χ3v) is 19.4. The van der Waals surface area contributed by atoms with Gasteiger partial charge in [0.15, 0.2) is 11.9 Å². The SMILES string of the molecule is COC(=O)[C@]1([C@@]2(C(=O)OC)[C-](C(=O)O[C@H]3CC[C@H]4[C@@H]5CCc6cc(O)ccc6[C@H]5CC[C@]34C)C2(C)C)[C-](C(=O)O[C@H]2CC[C@H]3[C@@H]4CCc5cc(O)ccc5[C@H]4CC[C@]23C)C1(C)C.[Pd+2]. The van der Waals surface area contributed by atoms with E-state index in [0.29, 0.717) is 59.8 Å². The summed E-state index contributed by atoms with van der Waals surface area (Å²) in [5, 5.41) is 20.3. The molecule has 0 radical (unpaired) electrons. The number of fused-ring (bicyclic) bond motifs is 10. The Balaban J connectivity index is 0.00000504. The van der Waals surface area contributed by atoms with Crippen LogP contribution in [0.2, 0.25) is 0 Å². The average Bonchev–Trinajstić information content (AvgIpc) is 3.78. The summed E-state index contributed by atoms with van der Waals surface area (Å²) >= 11 is 0. The van der Waals surface area contributed by atoms with Crippen molar-refractivity contribution in [3.8, 4) is 11.5 Å². The number of rotatable bonds is 7. The molecule has 6 fully saturated rings. The summed E-state index contributed by atoms with van der Waals surface area (Å²) in [6, 6.07) is 11.6. The minimum Gasteiger partial charge on any atom is -0.508 e. The second kappa shape index (κ2) is 14.7. The first-order valence-corrected chi connectivity index (χ1v) is 23.3. The van der Waals surface area contributed by atoms with Gasteiger partial charge in [-0.3, -0.25) is 31.0 Å². The van der Waals surface area contributed by atoms with Gasteiger partial charge in [-0.05, 0) is 159 Å². The van der Waals surface area contributed by atoms with Crippen LogP contribution in [0.4, 0.5) is 0 Å². The second-order valence-corrected chi connectivity index (χ2v) is 22.1. The number of phenolic OH excluding ortho intramolecular Hbond substituents is 2. The zero-order chi connectivity index (χ0) is 44.1. The van der Waals surface area contributed by atoms with Gasteiger partial charge in [-0.15, -0.1) is 10.8 Å². The van der Waals surface area contributed by atoms with E-state index < -0.39 is 45.5 Å². The molecule has 63 heavy (non-hydrogen) atoms. The van der Waals surface area contributed by atoms with Crippen molar-refractivity contribution in [1.82, 2.24) is 0 Å². The fraction of sp³-hybridized carbons (Fsp3) is 0.654. The molecule has 8 aliphatic carbocycles. The van der Waals surface area contributed by atoms with Crippen LogP contribution in [0.3, 0.4) is 0 Å². The monoisotopic (exact) mass is 954 g/mol. The Bertz CT molecular complexity index is 2100. The minimum atomic E-state index is -1.85. The number of methoxy groups -OCH3 is 2. The first-order valence-electron chi connectivity index (χ1n) is 23.3. The minimum absolute atomic E-state index is 0. The Morgan fingerprint density at radius 3 is 1.32 bits per heavy atom. The van der Waals surface area contributed by atoms with Crippen LogP contribution < -0.4 is 0 Å². The molecular weight excluding hydrogens is 891 g/mol. The van der Waals surface area contributed by atoms with Gasteiger partial charge in [0.1, 0.15) is 23.7 Å². The van der Waals surface area contributed by atoms with Crippen LogP contribution in [0.5, 0.6) is 11.5 Å². The van der Waals surface area contributed by atoms with Gasteiger partial charge in [-0.2, -0.15) is 0 Å². The van der Waals surface area contributed by atoms with Gasteiger partial charge in [0, 0.05) is 10.8 Å². The van der Waals surface area contributed by atoms with Crippen LogP contribution in [-0.4, -0.2) is 60.5 Å². The molecule has 12 atom stereocenters. The van der Waals surface area contributed by atoms with Crippen LogP contribution in [0.25, 0.3) is 0 Å². The topological polar surface area (TPSA) is 146 Å². The third kappa shape index (κ3) is 5.63. The van der Waals surface area contributed by atoms with Gasteiger partial charge in [0.05, 0.1) is 14.2 Å². The molecular formula is C52H64O10Pd. The van der Waals surface area contributed by atoms with Crippen LogP contribution in [0.15, 0.2) is 36.4 Å². The maximum Gasteiger partial charge on any atom is 2.00 e. The van der Waals surface area contributed by atoms with E-state index in [1.165, 1.54) is 36.5 Å². The number of aryl methyl sites for hydroxylation is 2. The van der Waals surface area contributed by atoms with E-state index in [1.807, 2.05) is 12.1 Å². The van der Waals surface area contributed by atoms with Gasteiger partial charge in [0.2, 0.25) is 0 Å². The molecule has 0 heterocycles. The van der Waals surface area contributed by atoms with E-state index >= 15 is 0 Å². The van der Waals surface area contributed by atoms with Crippen molar-refractivity contribution in [3.63, 3.8) is 0 Å². The summed E-state index contributed by atoms with van der Waals surface area (Å²) in [6.07, 6.45) is 10.0. The van der Waals surface area contributed by atoms with Gasteiger partial charge < -0.3 is 29.2 Å².